The van der Waals surface area contributed by atoms with E-state index in [1.54, 1.807) is 0 Å². The Morgan fingerprint density at radius 3 is 2.91 bits per heavy atom. The van der Waals surface area contributed by atoms with Crippen molar-refractivity contribution in [3.05, 3.63) is 23.8 Å². The molecule has 8 heteroatoms. The van der Waals surface area contributed by atoms with Gasteiger partial charge in [0.15, 0.2) is 0 Å². The van der Waals surface area contributed by atoms with Gasteiger partial charge in [0, 0.05) is 6.42 Å². The molecule has 0 aliphatic carbocycles. The Morgan fingerprint density at radius 1 is 1.43 bits per heavy atom. The lowest BCUT2D eigenvalue weighted by Gasteiger charge is -2.11. The summed E-state index contributed by atoms with van der Waals surface area (Å²) in [4.78, 5) is 11.8. The fourth-order valence-corrected chi connectivity index (χ4v) is 1.95. The summed E-state index contributed by atoms with van der Waals surface area (Å²) in [5, 5.41) is 15.5. The third-order valence-corrected chi connectivity index (χ3v) is 3.26. The topological polar surface area (TPSA) is 119 Å². The Bertz CT molecular complexity index is 627. The summed E-state index contributed by atoms with van der Waals surface area (Å²) in [7, 11) is 0. The molecule has 1 aromatic heterocycles. The number of benzene rings is 1. The van der Waals surface area contributed by atoms with Gasteiger partial charge in [0.25, 0.3) is 5.95 Å². The number of anilines is 2. The average Bonchev–Trinajstić information content (AvgIpc) is 2.99. The van der Waals surface area contributed by atoms with Crippen molar-refractivity contribution < 1.29 is 9.53 Å². The van der Waals surface area contributed by atoms with Crippen molar-refractivity contribution in [1.82, 2.24) is 20.6 Å². The molecule has 0 fully saturated rings. The number of rotatable bonds is 8. The number of carbonyl (C=O) groups excluding carboxylic acids is 1. The molecule has 0 aliphatic heterocycles. The molecule has 0 atom stereocenters. The van der Waals surface area contributed by atoms with E-state index in [0.29, 0.717) is 36.8 Å². The van der Waals surface area contributed by atoms with Crippen LogP contribution in [0, 0.1) is 5.92 Å². The van der Waals surface area contributed by atoms with Crippen molar-refractivity contribution in [2.24, 2.45) is 5.92 Å². The summed E-state index contributed by atoms with van der Waals surface area (Å²) in [5.74, 6) is 1.27. The zero-order valence-corrected chi connectivity index (χ0v) is 13.4. The molecule has 23 heavy (non-hydrogen) atoms. The summed E-state index contributed by atoms with van der Waals surface area (Å²) in [6, 6.07) is 5.61. The van der Waals surface area contributed by atoms with E-state index in [1.165, 1.54) is 0 Å². The van der Waals surface area contributed by atoms with E-state index in [0.717, 1.165) is 12.0 Å². The molecule has 8 nitrogen and oxygen atoms in total. The van der Waals surface area contributed by atoms with Crippen LogP contribution in [0.5, 0.6) is 5.75 Å². The highest BCUT2D eigenvalue weighted by Crippen LogP contribution is 2.23. The predicted molar refractivity (Wildman–Crippen MR) is 86.9 cm³/mol. The first-order valence-electron chi connectivity index (χ1n) is 7.59. The van der Waals surface area contributed by atoms with Crippen molar-refractivity contribution in [3.63, 3.8) is 0 Å². The number of nitrogens with one attached hydrogen (secondary N) is 2. The zero-order valence-electron chi connectivity index (χ0n) is 13.4. The van der Waals surface area contributed by atoms with E-state index in [4.69, 9.17) is 10.5 Å². The van der Waals surface area contributed by atoms with E-state index < -0.39 is 0 Å². The van der Waals surface area contributed by atoms with Crippen LogP contribution in [-0.4, -0.2) is 33.1 Å². The summed E-state index contributed by atoms with van der Waals surface area (Å²) in [5.41, 5.74) is 7.56. The maximum absolute atomic E-state index is 11.8. The molecule has 1 amide bonds. The second-order valence-corrected chi connectivity index (χ2v) is 5.69. The number of nitrogen functional groups attached to an aromatic ring is 1. The van der Waals surface area contributed by atoms with Crippen LogP contribution < -0.4 is 15.8 Å². The molecule has 1 heterocycles. The molecule has 2 aromatic rings. The van der Waals surface area contributed by atoms with Crippen LogP contribution in [0.25, 0.3) is 0 Å². The molecule has 0 saturated heterocycles. The van der Waals surface area contributed by atoms with Crippen molar-refractivity contribution in [3.8, 4) is 5.75 Å². The van der Waals surface area contributed by atoms with Gasteiger partial charge in [-0.15, -0.1) is 5.10 Å². The molecular formula is C15H22N6O2. The number of nitrogens with zero attached hydrogens (tertiary/aromatic N) is 3. The van der Waals surface area contributed by atoms with Gasteiger partial charge in [-0.3, -0.25) is 10.1 Å². The molecule has 0 saturated carbocycles. The van der Waals surface area contributed by atoms with Gasteiger partial charge in [0.1, 0.15) is 5.75 Å². The lowest BCUT2D eigenvalue weighted by atomic mass is 10.1. The summed E-state index contributed by atoms with van der Waals surface area (Å²) in [6.07, 6.45) is 1.86. The first-order valence-corrected chi connectivity index (χ1v) is 7.59. The SMILES string of the molecule is CC(C)CCOc1ccc(CCC(=O)Nc2nn[nH]n2)cc1N. The molecule has 2 rings (SSSR count). The maximum Gasteiger partial charge on any atom is 0.269 e. The number of aromatic amines is 1. The first-order chi connectivity index (χ1) is 11.0. The van der Waals surface area contributed by atoms with Gasteiger partial charge >= 0.3 is 0 Å². The Kier molecular flexibility index (Phi) is 5.90. The van der Waals surface area contributed by atoms with Gasteiger partial charge in [0.05, 0.1) is 12.3 Å². The second-order valence-electron chi connectivity index (χ2n) is 5.69. The number of aryl methyl sites for hydroxylation is 1. The molecule has 0 spiro atoms. The number of nitrogens with two attached hydrogens (primary N) is 1. The summed E-state index contributed by atoms with van der Waals surface area (Å²) < 4.78 is 5.67. The molecule has 1 aromatic carbocycles. The van der Waals surface area contributed by atoms with Gasteiger partial charge < -0.3 is 10.5 Å². The number of H-pyrrole nitrogens is 1. The predicted octanol–water partition coefficient (Wildman–Crippen LogP) is 1.78. The lowest BCUT2D eigenvalue weighted by Crippen LogP contribution is -2.13. The molecule has 0 unspecified atom stereocenters. The highest BCUT2D eigenvalue weighted by atomic mass is 16.5. The van der Waals surface area contributed by atoms with Gasteiger partial charge in [-0.05, 0) is 41.7 Å². The lowest BCUT2D eigenvalue weighted by molar-refractivity contribution is -0.116. The Hall–Kier alpha value is -2.64. The highest BCUT2D eigenvalue weighted by Gasteiger charge is 2.08. The van der Waals surface area contributed by atoms with Gasteiger partial charge in [-0.25, -0.2) is 0 Å². The fraction of sp³-hybridized carbons (Fsp3) is 0.467. The third-order valence-electron chi connectivity index (χ3n) is 3.26. The summed E-state index contributed by atoms with van der Waals surface area (Å²) >= 11 is 0. The van der Waals surface area contributed by atoms with Crippen LogP contribution in [0.15, 0.2) is 18.2 Å². The molecule has 124 valence electrons. The zero-order chi connectivity index (χ0) is 16.7. The van der Waals surface area contributed by atoms with E-state index in [2.05, 4.69) is 39.8 Å². The first kappa shape index (κ1) is 16.7. The largest absolute Gasteiger partial charge is 0.491 e. The highest BCUT2D eigenvalue weighted by molar-refractivity contribution is 5.88. The Balaban J connectivity index is 1.81. The van der Waals surface area contributed by atoms with Crippen LogP contribution >= 0.6 is 0 Å². The molecular weight excluding hydrogens is 296 g/mol. The van der Waals surface area contributed by atoms with Crippen LogP contribution in [0.4, 0.5) is 11.6 Å². The van der Waals surface area contributed by atoms with Crippen molar-refractivity contribution >= 4 is 17.5 Å². The fourth-order valence-electron chi connectivity index (χ4n) is 1.95. The van der Waals surface area contributed by atoms with Crippen LogP contribution in [-0.2, 0) is 11.2 Å². The number of tetrazole rings is 1. The standard InChI is InChI=1S/C15H22N6O2/c1-10(2)7-8-23-13-5-3-11(9-12(13)16)4-6-14(22)17-15-18-20-21-19-15/h3,5,9-10H,4,6-8,16H2,1-2H3,(H2,17,18,19,20,21,22). The van der Waals surface area contributed by atoms with Crippen molar-refractivity contribution in [1.29, 1.82) is 0 Å². The Labute approximate surface area is 134 Å². The number of carbonyl (C=O) groups is 1. The van der Waals surface area contributed by atoms with Gasteiger partial charge in [0.2, 0.25) is 5.91 Å². The monoisotopic (exact) mass is 318 g/mol. The Morgan fingerprint density at radius 2 is 2.26 bits per heavy atom. The van der Waals surface area contributed by atoms with Crippen LogP contribution in [0.2, 0.25) is 0 Å². The molecule has 0 radical (unpaired) electrons. The van der Waals surface area contributed by atoms with Crippen LogP contribution in [0.1, 0.15) is 32.3 Å². The minimum atomic E-state index is -0.178. The molecule has 4 N–H and O–H groups in total. The maximum atomic E-state index is 11.8. The van der Waals surface area contributed by atoms with E-state index in [1.807, 2.05) is 18.2 Å². The minimum absolute atomic E-state index is 0.170. The number of hydrogen-bond acceptors (Lipinski definition) is 6. The molecule has 0 aliphatic rings. The number of amides is 1. The van der Waals surface area contributed by atoms with Crippen molar-refractivity contribution in [2.75, 3.05) is 17.7 Å². The number of ether oxygens (including phenoxy) is 1. The average molecular weight is 318 g/mol. The van der Waals surface area contributed by atoms with E-state index in [9.17, 15) is 4.79 Å². The van der Waals surface area contributed by atoms with Crippen molar-refractivity contribution in [2.45, 2.75) is 33.1 Å². The van der Waals surface area contributed by atoms with E-state index in [-0.39, 0.29) is 11.9 Å². The second kappa shape index (κ2) is 8.11. The number of hydrogen-bond donors (Lipinski definition) is 3. The third kappa shape index (κ3) is 5.57. The normalized spacial score (nSPS) is 10.7. The quantitative estimate of drug-likeness (QED) is 0.638. The van der Waals surface area contributed by atoms with E-state index >= 15 is 0 Å². The summed E-state index contributed by atoms with van der Waals surface area (Å²) in [6.45, 7) is 4.94. The van der Waals surface area contributed by atoms with Gasteiger partial charge in [-0.1, -0.05) is 25.0 Å². The van der Waals surface area contributed by atoms with Gasteiger partial charge in [-0.2, -0.15) is 5.21 Å². The van der Waals surface area contributed by atoms with Crippen LogP contribution in [0.3, 0.4) is 0 Å². The minimum Gasteiger partial charge on any atom is -0.491 e. The smallest absolute Gasteiger partial charge is 0.269 e. The number of aromatic nitrogens is 4. The molecule has 0 bridgehead atoms.